The van der Waals surface area contributed by atoms with E-state index in [9.17, 15) is 9.59 Å². The number of carbonyl (C=O) groups excluding carboxylic acids is 2. The molecule has 4 rings (SSSR count). The van der Waals surface area contributed by atoms with E-state index in [-0.39, 0.29) is 12.1 Å². The topological polar surface area (TPSA) is 75.9 Å². The highest BCUT2D eigenvalue weighted by Crippen LogP contribution is 2.48. The van der Waals surface area contributed by atoms with Crippen LogP contribution < -0.4 is 5.73 Å². The molecule has 6 nitrogen and oxygen atoms in total. The largest absolute Gasteiger partial charge is 0.368 e. The van der Waals surface area contributed by atoms with Crippen molar-refractivity contribution in [3.8, 4) is 0 Å². The van der Waals surface area contributed by atoms with Crippen LogP contribution in [0.2, 0.25) is 0 Å². The number of hydroxylamine groups is 2. The number of fused-ring (bicyclic) bond motifs is 4. The van der Waals surface area contributed by atoms with Crippen LogP contribution >= 0.6 is 27.3 Å². The summed E-state index contributed by atoms with van der Waals surface area (Å²) in [4.78, 5) is 32.7. The minimum absolute atomic E-state index is 0.227. The molecule has 1 aromatic carbocycles. The summed E-state index contributed by atoms with van der Waals surface area (Å²) in [5.74, 6) is -0.526. The third-order valence-electron chi connectivity index (χ3n) is 4.25. The highest BCUT2D eigenvalue weighted by atomic mass is 79.9. The number of benzene rings is 1. The van der Waals surface area contributed by atoms with Crippen LogP contribution in [-0.2, 0) is 16.2 Å². The second kappa shape index (κ2) is 5.87. The Morgan fingerprint density at radius 2 is 2.12 bits per heavy atom. The van der Waals surface area contributed by atoms with E-state index >= 15 is 0 Å². The molecule has 2 N–H and O–H groups in total. The minimum Gasteiger partial charge on any atom is -0.368 e. The summed E-state index contributed by atoms with van der Waals surface area (Å²) in [6.45, 7) is 0.691. The number of urea groups is 1. The molecule has 24 heavy (non-hydrogen) atoms. The third kappa shape index (κ3) is 2.42. The van der Waals surface area contributed by atoms with Gasteiger partial charge in [-0.1, -0.05) is 30.3 Å². The number of thiophene rings is 1. The predicted octanol–water partition coefficient (Wildman–Crippen LogP) is 2.96. The molecule has 8 heteroatoms. The van der Waals surface area contributed by atoms with Gasteiger partial charge >= 0.3 is 6.03 Å². The van der Waals surface area contributed by atoms with E-state index in [4.69, 9.17) is 10.6 Å². The lowest BCUT2D eigenvalue weighted by atomic mass is 9.99. The number of nitrogens with zero attached hydrogens (tertiary/aromatic N) is 2. The average molecular weight is 408 g/mol. The maximum Gasteiger partial charge on any atom is 0.345 e. The van der Waals surface area contributed by atoms with Crippen molar-refractivity contribution in [2.75, 3.05) is 6.54 Å². The van der Waals surface area contributed by atoms with Gasteiger partial charge in [-0.15, -0.1) is 11.3 Å². The minimum atomic E-state index is -0.731. The van der Waals surface area contributed by atoms with Crippen LogP contribution in [0.4, 0.5) is 4.79 Å². The Morgan fingerprint density at radius 1 is 1.38 bits per heavy atom. The maximum atomic E-state index is 12.7. The molecule has 0 saturated carbocycles. The molecule has 2 aliphatic heterocycles. The smallest absolute Gasteiger partial charge is 0.345 e. The first-order valence-electron chi connectivity index (χ1n) is 7.41. The zero-order valence-corrected chi connectivity index (χ0v) is 14.9. The third-order valence-corrected chi connectivity index (χ3v) is 5.96. The number of halogens is 1. The van der Waals surface area contributed by atoms with Gasteiger partial charge in [0, 0.05) is 4.88 Å². The van der Waals surface area contributed by atoms with Gasteiger partial charge in [0.15, 0.2) is 0 Å². The van der Waals surface area contributed by atoms with E-state index in [0.717, 1.165) is 19.8 Å². The maximum absolute atomic E-state index is 12.7. The Kier molecular flexibility index (Phi) is 3.82. The van der Waals surface area contributed by atoms with Gasteiger partial charge in [0.2, 0.25) is 5.91 Å². The van der Waals surface area contributed by atoms with Gasteiger partial charge in [-0.2, -0.15) is 5.06 Å². The SMILES string of the molecule is NC(=O)C1c2sc(Br)cc2C2CN1C(=O)N2OCc1ccccc1. The van der Waals surface area contributed by atoms with E-state index in [1.807, 2.05) is 36.4 Å². The zero-order chi connectivity index (χ0) is 16.8. The number of rotatable bonds is 4. The van der Waals surface area contributed by atoms with Crippen LogP contribution in [0.15, 0.2) is 40.2 Å². The fourth-order valence-electron chi connectivity index (χ4n) is 3.19. The number of amides is 3. The van der Waals surface area contributed by atoms with Gasteiger partial charge in [-0.3, -0.25) is 9.63 Å². The second-order valence-corrected chi connectivity index (χ2v) is 8.17. The molecule has 1 aromatic heterocycles. The van der Waals surface area contributed by atoms with Crippen molar-refractivity contribution in [3.63, 3.8) is 0 Å². The molecule has 2 bridgehead atoms. The van der Waals surface area contributed by atoms with E-state index in [1.165, 1.54) is 21.3 Å². The van der Waals surface area contributed by atoms with Gasteiger partial charge in [0.1, 0.15) is 18.7 Å². The highest BCUT2D eigenvalue weighted by Gasteiger charge is 2.51. The Balaban J connectivity index is 1.64. The van der Waals surface area contributed by atoms with E-state index in [0.29, 0.717) is 13.2 Å². The molecule has 3 heterocycles. The number of carbonyl (C=O) groups is 2. The van der Waals surface area contributed by atoms with Crippen LogP contribution in [0, 0.1) is 0 Å². The molecule has 2 aliphatic rings. The normalized spacial score (nSPS) is 22.0. The van der Waals surface area contributed by atoms with E-state index < -0.39 is 11.9 Å². The molecule has 1 fully saturated rings. The van der Waals surface area contributed by atoms with Crippen molar-refractivity contribution in [2.24, 2.45) is 5.73 Å². The van der Waals surface area contributed by atoms with Gasteiger partial charge < -0.3 is 10.6 Å². The number of hydrogen-bond acceptors (Lipinski definition) is 4. The summed E-state index contributed by atoms with van der Waals surface area (Å²) in [5.41, 5.74) is 7.44. The average Bonchev–Trinajstić information content (AvgIpc) is 3.07. The first kappa shape index (κ1) is 15.6. The van der Waals surface area contributed by atoms with Gasteiger partial charge in [0.25, 0.3) is 0 Å². The fraction of sp³-hybridized carbons (Fsp3) is 0.250. The Bertz CT molecular complexity index is 810. The van der Waals surface area contributed by atoms with Crippen molar-refractivity contribution in [1.29, 1.82) is 0 Å². The van der Waals surface area contributed by atoms with Gasteiger partial charge in [-0.05, 0) is 33.1 Å². The molecule has 1 saturated heterocycles. The van der Waals surface area contributed by atoms with Crippen LogP contribution in [-0.4, -0.2) is 28.4 Å². The lowest BCUT2D eigenvalue weighted by Crippen LogP contribution is -2.40. The molecule has 3 amide bonds. The molecule has 2 atom stereocenters. The summed E-state index contributed by atoms with van der Waals surface area (Å²) < 4.78 is 0.906. The van der Waals surface area contributed by atoms with Crippen molar-refractivity contribution < 1.29 is 14.4 Å². The lowest BCUT2D eigenvalue weighted by molar-refractivity contribution is -0.141. The number of nitrogens with two attached hydrogens (primary N) is 1. The van der Waals surface area contributed by atoms with E-state index in [1.54, 1.807) is 0 Å². The molecule has 124 valence electrons. The summed E-state index contributed by atoms with van der Waals surface area (Å²) in [6.07, 6.45) is 0. The van der Waals surface area contributed by atoms with Crippen molar-refractivity contribution >= 4 is 39.2 Å². The first-order valence-corrected chi connectivity index (χ1v) is 9.02. The quantitative estimate of drug-likeness (QED) is 0.845. The fourth-order valence-corrected chi connectivity index (χ4v) is 5.02. The van der Waals surface area contributed by atoms with Crippen molar-refractivity contribution in [3.05, 3.63) is 56.2 Å². The number of primary amides is 1. The molecule has 0 spiro atoms. The number of hydrogen-bond donors (Lipinski definition) is 1. The molecule has 0 radical (unpaired) electrons. The lowest BCUT2D eigenvalue weighted by Gasteiger charge is -2.28. The van der Waals surface area contributed by atoms with Gasteiger partial charge in [0.05, 0.1) is 10.3 Å². The molecular formula is C16H14BrN3O3S. The van der Waals surface area contributed by atoms with Crippen LogP contribution in [0.5, 0.6) is 0 Å². The monoisotopic (exact) mass is 407 g/mol. The van der Waals surface area contributed by atoms with Crippen LogP contribution in [0.3, 0.4) is 0 Å². The Labute approximate surface area is 150 Å². The highest BCUT2D eigenvalue weighted by molar-refractivity contribution is 9.11. The van der Waals surface area contributed by atoms with Crippen LogP contribution in [0.1, 0.15) is 28.1 Å². The van der Waals surface area contributed by atoms with Gasteiger partial charge in [-0.25, -0.2) is 4.79 Å². The standard InChI is InChI=1S/C16H14BrN3O3S/c17-12-6-10-11-7-19(13(15(18)21)14(10)24-12)16(22)20(11)23-8-9-4-2-1-3-5-9/h1-6,11,13H,7-8H2,(H2,18,21). The van der Waals surface area contributed by atoms with Crippen molar-refractivity contribution in [2.45, 2.75) is 18.7 Å². The Hall–Kier alpha value is -1.90. The molecule has 2 unspecified atom stereocenters. The summed E-state index contributed by atoms with van der Waals surface area (Å²) in [7, 11) is 0. The molecular weight excluding hydrogens is 394 g/mol. The van der Waals surface area contributed by atoms with E-state index in [2.05, 4.69) is 15.9 Å². The predicted molar refractivity (Wildman–Crippen MR) is 91.9 cm³/mol. The zero-order valence-electron chi connectivity index (χ0n) is 12.5. The summed E-state index contributed by atoms with van der Waals surface area (Å²) in [5, 5.41) is 1.37. The second-order valence-electron chi connectivity index (χ2n) is 5.71. The van der Waals surface area contributed by atoms with Crippen molar-refractivity contribution in [1.82, 2.24) is 9.96 Å². The molecule has 2 aromatic rings. The first-order chi connectivity index (χ1) is 11.6. The summed E-state index contributed by atoms with van der Waals surface area (Å²) >= 11 is 4.89. The Morgan fingerprint density at radius 3 is 2.83 bits per heavy atom. The summed E-state index contributed by atoms with van der Waals surface area (Å²) in [6, 6.07) is 10.3. The molecule has 0 aliphatic carbocycles. The van der Waals surface area contributed by atoms with Crippen LogP contribution in [0.25, 0.3) is 0 Å².